The fraction of sp³-hybridized carbons (Fsp3) is 0.348. The van der Waals surface area contributed by atoms with E-state index in [1.807, 2.05) is 24.3 Å². The Balaban J connectivity index is 1.51. The number of aryl methyl sites for hydroxylation is 1. The van der Waals surface area contributed by atoms with Gasteiger partial charge in [0.1, 0.15) is 5.82 Å². The lowest BCUT2D eigenvalue weighted by Crippen LogP contribution is -2.28. The van der Waals surface area contributed by atoms with Gasteiger partial charge in [-0.05, 0) is 42.7 Å². The van der Waals surface area contributed by atoms with Gasteiger partial charge in [0.25, 0.3) is 5.91 Å². The molecule has 0 bridgehead atoms. The first-order chi connectivity index (χ1) is 14.5. The molecule has 158 valence electrons. The van der Waals surface area contributed by atoms with E-state index in [1.165, 1.54) is 23.8 Å². The number of benzene rings is 2. The smallest absolute Gasteiger partial charge is 0.311 e. The minimum absolute atomic E-state index is 0.0168. The summed E-state index contributed by atoms with van der Waals surface area (Å²) < 4.78 is 18.6. The summed E-state index contributed by atoms with van der Waals surface area (Å²) in [6, 6.07) is 13.5. The van der Waals surface area contributed by atoms with Crippen molar-refractivity contribution in [3.63, 3.8) is 0 Å². The van der Waals surface area contributed by atoms with Gasteiger partial charge in [-0.3, -0.25) is 14.4 Å². The summed E-state index contributed by atoms with van der Waals surface area (Å²) in [4.78, 5) is 38.1. The lowest BCUT2D eigenvalue weighted by Gasteiger charge is -2.17. The maximum absolute atomic E-state index is 13.6. The van der Waals surface area contributed by atoms with E-state index in [0.717, 1.165) is 24.9 Å². The van der Waals surface area contributed by atoms with E-state index >= 15 is 0 Å². The predicted octanol–water partition coefficient (Wildman–Crippen LogP) is 3.70. The summed E-state index contributed by atoms with van der Waals surface area (Å²) in [6.45, 7) is 1.81. The van der Waals surface area contributed by atoms with Crippen molar-refractivity contribution < 1.29 is 23.5 Å². The number of halogens is 1. The topological polar surface area (TPSA) is 75.7 Å². The van der Waals surface area contributed by atoms with Crippen LogP contribution in [0.15, 0.2) is 48.5 Å². The molecule has 1 N–H and O–H groups in total. The van der Waals surface area contributed by atoms with Gasteiger partial charge in [0.2, 0.25) is 5.91 Å². The van der Waals surface area contributed by atoms with Gasteiger partial charge in [0, 0.05) is 18.7 Å². The quantitative estimate of drug-likeness (QED) is 0.671. The maximum Gasteiger partial charge on any atom is 0.311 e. The number of unbranched alkanes of at least 4 members (excludes halogenated alkanes) is 1. The number of hydrogen-bond acceptors (Lipinski definition) is 4. The Bertz CT molecular complexity index is 914. The Kier molecular flexibility index (Phi) is 7.17. The van der Waals surface area contributed by atoms with Crippen LogP contribution >= 0.6 is 0 Å². The molecule has 2 aromatic carbocycles. The molecule has 1 atom stereocenters. The molecule has 7 heteroatoms. The first-order valence-electron chi connectivity index (χ1n) is 10.1. The molecule has 1 heterocycles. The van der Waals surface area contributed by atoms with E-state index in [4.69, 9.17) is 4.74 Å². The molecule has 0 aromatic heterocycles. The summed E-state index contributed by atoms with van der Waals surface area (Å²) in [7, 11) is 0. The fourth-order valence-electron chi connectivity index (χ4n) is 3.34. The monoisotopic (exact) mass is 412 g/mol. The molecule has 3 rings (SSSR count). The van der Waals surface area contributed by atoms with Crippen LogP contribution in [0.25, 0.3) is 0 Å². The highest BCUT2D eigenvalue weighted by Crippen LogP contribution is 2.26. The normalized spacial score (nSPS) is 15.9. The van der Waals surface area contributed by atoms with Crippen molar-refractivity contribution >= 4 is 29.2 Å². The van der Waals surface area contributed by atoms with Crippen molar-refractivity contribution in [3.05, 3.63) is 59.9 Å². The number of amides is 2. The zero-order chi connectivity index (χ0) is 21.5. The number of para-hydroxylation sites is 1. The molecule has 1 aliphatic heterocycles. The van der Waals surface area contributed by atoms with Crippen molar-refractivity contribution in [3.8, 4) is 0 Å². The van der Waals surface area contributed by atoms with Crippen molar-refractivity contribution in [2.24, 2.45) is 5.92 Å². The molecule has 30 heavy (non-hydrogen) atoms. The zero-order valence-electron chi connectivity index (χ0n) is 16.9. The highest BCUT2D eigenvalue weighted by Gasteiger charge is 2.36. The number of rotatable bonds is 8. The average molecular weight is 412 g/mol. The number of ether oxygens (including phenoxy) is 1. The zero-order valence-corrected chi connectivity index (χ0v) is 16.9. The van der Waals surface area contributed by atoms with E-state index < -0.39 is 30.2 Å². The van der Waals surface area contributed by atoms with Crippen LogP contribution in [0.3, 0.4) is 0 Å². The largest absolute Gasteiger partial charge is 0.455 e. The average Bonchev–Trinajstić information content (AvgIpc) is 3.14. The molecule has 1 saturated heterocycles. The van der Waals surface area contributed by atoms with E-state index in [1.54, 1.807) is 11.0 Å². The third-order valence-corrected chi connectivity index (χ3v) is 5.02. The molecule has 0 radical (unpaired) electrons. The third-order valence-electron chi connectivity index (χ3n) is 5.02. The summed E-state index contributed by atoms with van der Waals surface area (Å²) in [5.74, 6) is -2.63. The Hall–Kier alpha value is -3.22. The summed E-state index contributed by atoms with van der Waals surface area (Å²) in [5, 5.41) is 2.35. The number of nitrogens with zero attached hydrogens (tertiary/aromatic N) is 1. The number of carbonyl (C=O) groups is 3. The van der Waals surface area contributed by atoms with Crippen molar-refractivity contribution in [1.29, 1.82) is 0 Å². The van der Waals surface area contributed by atoms with Crippen molar-refractivity contribution in [2.75, 3.05) is 23.4 Å². The van der Waals surface area contributed by atoms with Crippen LogP contribution in [0.1, 0.15) is 31.7 Å². The van der Waals surface area contributed by atoms with E-state index in [2.05, 4.69) is 12.2 Å². The molecule has 6 nitrogen and oxygen atoms in total. The summed E-state index contributed by atoms with van der Waals surface area (Å²) >= 11 is 0. The van der Waals surface area contributed by atoms with Crippen LogP contribution in [0, 0.1) is 11.7 Å². The van der Waals surface area contributed by atoms with E-state index in [9.17, 15) is 18.8 Å². The van der Waals surface area contributed by atoms with Crippen LogP contribution in [-0.2, 0) is 25.5 Å². The van der Waals surface area contributed by atoms with Crippen LogP contribution in [0.4, 0.5) is 15.8 Å². The highest BCUT2D eigenvalue weighted by atomic mass is 19.1. The Morgan fingerprint density at radius 3 is 2.60 bits per heavy atom. The summed E-state index contributed by atoms with van der Waals surface area (Å²) in [5.41, 5.74) is 1.97. The van der Waals surface area contributed by atoms with Gasteiger partial charge in [-0.1, -0.05) is 37.6 Å². The van der Waals surface area contributed by atoms with Crippen LogP contribution < -0.4 is 10.2 Å². The number of esters is 1. The lowest BCUT2D eigenvalue weighted by atomic mass is 10.1. The highest BCUT2D eigenvalue weighted by molar-refractivity contribution is 6.00. The first kappa shape index (κ1) is 21.5. The number of carbonyl (C=O) groups excluding carboxylic acids is 3. The van der Waals surface area contributed by atoms with Gasteiger partial charge in [-0.2, -0.15) is 0 Å². The second kappa shape index (κ2) is 10.0. The molecule has 2 amide bonds. The number of hydrogen-bond donors (Lipinski definition) is 1. The molecule has 0 aliphatic carbocycles. The van der Waals surface area contributed by atoms with Gasteiger partial charge in [0.15, 0.2) is 6.61 Å². The second-order valence-corrected chi connectivity index (χ2v) is 7.31. The van der Waals surface area contributed by atoms with Gasteiger partial charge in [-0.25, -0.2) is 4.39 Å². The van der Waals surface area contributed by atoms with Crippen molar-refractivity contribution in [1.82, 2.24) is 0 Å². The minimum Gasteiger partial charge on any atom is -0.455 e. The van der Waals surface area contributed by atoms with Gasteiger partial charge >= 0.3 is 5.97 Å². The van der Waals surface area contributed by atoms with Gasteiger partial charge in [-0.15, -0.1) is 0 Å². The summed E-state index contributed by atoms with van der Waals surface area (Å²) in [6.07, 6.45) is 3.26. The van der Waals surface area contributed by atoms with Crippen molar-refractivity contribution in [2.45, 2.75) is 32.6 Å². The molecule has 0 unspecified atom stereocenters. The molecule has 2 aromatic rings. The van der Waals surface area contributed by atoms with Gasteiger partial charge < -0.3 is 15.0 Å². The molecule has 0 spiro atoms. The van der Waals surface area contributed by atoms with Crippen LogP contribution in [-0.4, -0.2) is 30.9 Å². The fourth-order valence-corrected chi connectivity index (χ4v) is 3.34. The van der Waals surface area contributed by atoms with Crippen LogP contribution in [0.5, 0.6) is 0 Å². The maximum atomic E-state index is 13.6. The minimum atomic E-state index is -0.641. The molecular weight excluding hydrogens is 387 g/mol. The molecule has 1 fully saturated rings. The molecule has 0 saturated carbocycles. The van der Waals surface area contributed by atoms with Crippen LogP contribution in [0.2, 0.25) is 0 Å². The van der Waals surface area contributed by atoms with E-state index in [-0.39, 0.29) is 24.6 Å². The second-order valence-electron chi connectivity index (χ2n) is 7.31. The molecule has 1 aliphatic rings. The SMILES string of the molecule is CCCCc1ccc(N2C[C@@H](C(=O)OCC(=O)Nc3ccccc3F)CC2=O)cc1. The Morgan fingerprint density at radius 2 is 1.90 bits per heavy atom. The number of nitrogens with one attached hydrogen (secondary N) is 1. The Morgan fingerprint density at radius 1 is 1.17 bits per heavy atom. The van der Waals surface area contributed by atoms with Gasteiger partial charge in [0.05, 0.1) is 11.6 Å². The predicted molar refractivity (Wildman–Crippen MR) is 112 cm³/mol. The molecular formula is C23H25FN2O4. The first-order valence-corrected chi connectivity index (χ1v) is 10.1. The van der Waals surface area contributed by atoms with E-state index in [0.29, 0.717) is 0 Å². The Labute approximate surface area is 175 Å². The lowest BCUT2D eigenvalue weighted by molar-refractivity contribution is -0.151. The third kappa shape index (κ3) is 5.43. The number of anilines is 2. The standard InChI is InChI=1S/C23H25FN2O4/c1-2-3-6-16-9-11-18(12-10-16)26-14-17(13-22(26)28)23(29)30-15-21(27)25-20-8-5-4-7-19(20)24/h4-5,7-12,17H,2-3,6,13-15H2,1H3,(H,25,27)/t17-/m0/s1.